The van der Waals surface area contributed by atoms with E-state index in [0.29, 0.717) is 0 Å². The molecular formula is C15H26N2. The lowest BCUT2D eigenvalue weighted by molar-refractivity contribution is 1.22. The predicted molar refractivity (Wildman–Crippen MR) is 81.4 cm³/mol. The number of hydrogen-bond acceptors (Lipinski definition) is 1. The smallest absolute Gasteiger partial charge is 0.0765 e. The maximum Gasteiger partial charge on any atom is 0.0765 e. The normalized spacial score (nSPS) is 8.29. The van der Waals surface area contributed by atoms with Crippen LogP contribution in [0.25, 0.3) is 0 Å². The van der Waals surface area contributed by atoms with E-state index < -0.39 is 0 Å². The van der Waals surface area contributed by atoms with Crippen molar-refractivity contribution in [3.63, 3.8) is 0 Å². The summed E-state index contributed by atoms with van der Waals surface area (Å²) in [5, 5.41) is 5.86. The Morgan fingerprint density at radius 2 is 1.65 bits per heavy atom. The summed E-state index contributed by atoms with van der Waals surface area (Å²) in [6, 6.07) is 0. The lowest BCUT2D eigenvalue weighted by Gasteiger charge is -1.94. The molecule has 96 valence electrons. The molecule has 0 heterocycles. The first-order valence-corrected chi connectivity index (χ1v) is 5.39. The Balaban J connectivity index is -0.000000273. The van der Waals surface area contributed by atoms with Gasteiger partial charge in [0.2, 0.25) is 0 Å². The second kappa shape index (κ2) is 19.7. The molecule has 0 saturated carbocycles. The summed E-state index contributed by atoms with van der Waals surface area (Å²) in [7, 11) is 0. The van der Waals surface area contributed by atoms with Gasteiger partial charge in [-0.3, -0.25) is 5.41 Å². The lowest BCUT2D eigenvalue weighted by atomic mass is 10.1. The molecule has 0 bridgehead atoms. The van der Waals surface area contributed by atoms with E-state index in [-0.39, 0.29) is 0 Å². The van der Waals surface area contributed by atoms with Crippen LogP contribution in [0.3, 0.4) is 0 Å². The minimum atomic E-state index is 0.750. The topological polar surface area (TPSA) is 49.9 Å². The molecule has 0 aromatic heterocycles. The van der Waals surface area contributed by atoms with Gasteiger partial charge in [-0.05, 0) is 32.8 Å². The minimum absolute atomic E-state index is 0.750. The Kier molecular flexibility index (Phi) is 23.8. The third kappa shape index (κ3) is 31.4. The van der Waals surface area contributed by atoms with E-state index in [9.17, 15) is 0 Å². The Labute approximate surface area is 106 Å². The molecule has 0 unspecified atom stereocenters. The van der Waals surface area contributed by atoms with E-state index in [1.807, 2.05) is 19.1 Å². The van der Waals surface area contributed by atoms with Gasteiger partial charge in [-0.25, -0.2) is 0 Å². The monoisotopic (exact) mass is 234 g/mol. The van der Waals surface area contributed by atoms with Gasteiger partial charge in [0.25, 0.3) is 0 Å². The molecular weight excluding hydrogens is 208 g/mol. The van der Waals surface area contributed by atoms with E-state index in [2.05, 4.69) is 45.4 Å². The highest BCUT2D eigenvalue weighted by atomic mass is 14.6. The van der Waals surface area contributed by atoms with Gasteiger partial charge in [0.1, 0.15) is 0 Å². The summed E-state index contributed by atoms with van der Waals surface area (Å²) in [5.74, 6) is 0. The third-order valence-electron chi connectivity index (χ3n) is 1.34. The van der Waals surface area contributed by atoms with Gasteiger partial charge >= 0.3 is 0 Å². The Morgan fingerprint density at radius 3 is 1.88 bits per heavy atom. The molecule has 0 aromatic carbocycles. The number of allylic oxidation sites excluding steroid dienone is 7. The summed E-state index contributed by atoms with van der Waals surface area (Å²) in [6.45, 7) is 16.8. The molecule has 2 heteroatoms. The molecule has 2 nitrogen and oxygen atoms in total. The van der Waals surface area contributed by atoms with Crippen LogP contribution in [0.15, 0.2) is 61.3 Å². The fourth-order valence-corrected chi connectivity index (χ4v) is 0.693. The van der Waals surface area contributed by atoms with Gasteiger partial charge in [-0.15, -0.1) is 6.58 Å². The Hall–Kier alpha value is -1.83. The minimum Gasteiger partial charge on any atom is -0.390 e. The molecule has 0 atom stereocenters. The molecule has 0 aliphatic carbocycles. The van der Waals surface area contributed by atoms with Gasteiger partial charge in [0.05, 0.1) is 6.34 Å². The van der Waals surface area contributed by atoms with Gasteiger partial charge < -0.3 is 5.73 Å². The van der Waals surface area contributed by atoms with Gasteiger partial charge in [-0.2, -0.15) is 0 Å². The zero-order valence-corrected chi connectivity index (χ0v) is 11.4. The number of rotatable bonds is 4. The molecule has 0 aliphatic rings. The molecule has 0 aromatic rings. The number of nitrogens with two attached hydrogens (primary N) is 1. The number of nitrogens with one attached hydrogen (secondary N) is 1. The second-order valence-electron chi connectivity index (χ2n) is 3.24. The molecule has 0 rings (SSSR count). The molecule has 0 fully saturated rings. The van der Waals surface area contributed by atoms with Crippen molar-refractivity contribution in [3.05, 3.63) is 61.3 Å². The van der Waals surface area contributed by atoms with Crippen molar-refractivity contribution < 1.29 is 0 Å². The predicted octanol–water partition coefficient (Wildman–Crippen LogP) is 4.39. The summed E-state index contributed by atoms with van der Waals surface area (Å²) >= 11 is 0. The fourth-order valence-electron chi connectivity index (χ4n) is 0.693. The van der Waals surface area contributed by atoms with Gasteiger partial charge in [-0.1, -0.05) is 49.1 Å². The van der Waals surface area contributed by atoms with Crippen molar-refractivity contribution >= 4 is 6.34 Å². The zero-order chi connectivity index (χ0) is 14.1. The SMILES string of the molecule is C=C/C=C(\C=C)CC=C(C)C.C=CC.N=CN. The molecule has 0 saturated heterocycles. The second-order valence-corrected chi connectivity index (χ2v) is 3.24. The van der Waals surface area contributed by atoms with Crippen molar-refractivity contribution in [2.75, 3.05) is 0 Å². The average molecular weight is 234 g/mol. The maximum atomic E-state index is 5.86. The maximum absolute atomic E-state index is 5.86. The zero-order valence-electron chi connectivity index (χ0n) is 11.4. The standard InChI is InChI=1S/C11H16.C3H6.CH4N2/c1-5-7-11(6-2)9-8-10(3)4;1-3-2;2-1-3/h5-8H,1-2,9H2,3-4H3;3H,1H2,2H3;1H,(H3,2,3)/b11-7+;;. The largest absolute Gasteiger partial charge is 0.390 e. The van der Waals surface area contributed by atoms with Crippen molar-refractivity contribution in [1.29, 1.82) is 5.41 Å². The van der Waals surface area contributed by atoms with Crippen LogP contribution in [0, 0.1) is 5.41 Å². The summed E-state index contributed by atoms with van der Waals surface area (Å²) in [5.41, 5.74) is 6.93. The van der Waals surface area contributed by atoms with Crippen LogP contribution < -0.4 is 5.73 Å². The van der Waals surface area contributed by atoms with Gasteiger partial charge in [0.15, 0.2) is 0 Å². The van der Waals surface area contributed by atoms with Crippen LogP contribution in [0.4, 0.5) is 0 Å². The van der Waals surface area contributed by atoms with E-state index >= 15 is 0 Å². The van der Waals surface area contributed by atoms with Crippen molar-refractivity contribution in [2.24, 2.45) is 5.73 Å². The molecule has 3 N–H and O–H groups in total. The molecule has 0 radical (unpaired) electrons. The van der Waals surface area contributed by atoms with E-state index in [4.69, 9.17) is 5.41 Å². The highest BCUT2D eigenvalue weighted by Gasteiger charge is 1.85. The van der Waals surface area contributed by atoms with E-state index in [1.54, 1.807) is 12.2 Å². The Morgan fingerprint density at radius 1 is 1.24 bits per heavy atom. The van der Waals surface area contributed by atoms with Crippen LogP contribution in [0.1, 0.15) is 27.2 Å². The van der Waals surface area contributed by atoms with E-state index in [1.165, 1.54) is 11.1 Å². The molecule has 0 aliphatic heterocycles. The molecule has 0 amide bonds. The lowest BCUT2D eigenvalue weighted by Crippen LogP contribution is -1.81. The number of hydrogen-bond donors (Lipinski definition) is 2. The average Bonchev–Trinajstić information content (AvgIpc) is 2.26. The Bertz CT molecular complexity index is 261. The van der Waals surface area contributed by atoms with Crippen LogP contribution in [-0.4, -0.2) is 6.34 Å². The first kappa shape index (κ1) is 20.6. The quantitative estimate of drug-likeness (QED) is 0.322. The summed E-state index contributed by atoms with van der Waals surface area (Å²) in [6.07, 6.45) is 11.3. The van der Waals surface area contributed by atoms with E-state index in [0.717, 1.165) is 12.8 Å². The van der Waals surface area contributed by atoms with Crippen molar-refractivity contribution in [1.82, 2.24) is 0 Å². The summed E-state index contributed by atoms with van der Waals surface area (Å²) < 4.78 is 0. The van der Waals surface area contributed by atoms with Crippen LogP contribution >= 0.6 is 0 Å². The first-order valence-electron chi connectivity index (χ1n) is 5.39. The van der Waals surface area contributed by atoms with Crippen LogP contribution in [0.2, 0.25) is 0 Å². The van der Waals surface area contributed by atoms with Crippen molar-refractivity contribution in [3.8, 4) is 0 Å². The molecule has 0 spiro atoms. The van der Waals surface area contributed by atoms with Crippen molar-refractivity contribution in [2.45, 2.75) is 27.2 Å². The first-order chi connectivity index (χ1) is 8.03. The third-order valence-corrected chi connectivity index (χ3v) is 1.34. The van der Waals surface area contributed by atoms with Crippen LogP contribution in [-0.2, 0) is 0 Å². The highest BCUT2D eigenvalue weighted by molar-refractivity contribution is 5.46. The highest BCUT2D eigenvalue weighted by Crippen LogP contribution is 2.05. The van der Waals surface area contributed by atoms with Crippen LogP contribution in [0.5, 0.6) is 0 Å². The summed E-state index contributed by atoms with van der Waals surface area (Å²) in [4.78, 5) is 0. The fraction of sp³-hybridized carbons (Fsp3) is 0.267. The molecule has 17 heavy (non-hydrogen) atoms. The van der Waals surface area contributed by atoms with Gasteiger partial charge in [0, 0.05) is 0 Å².